The summed E-state index contributed by atoms with van der Waals surface area (Å²) in [6.07, 6.45) is 1.70. The average Bonchev–Trinajstić information content (AvgIpc) is 3.11. The summed E-state index contributed by atoms with van der Waals surface area (Å²) in [5, 5.41) is 4.84. The Labute approximate surface area is 184 Å². The maximum Gasteiger partial charge on any atom is 0.290 e. The topological polar surface area (TPSA) is 75.3 Å². The monoisotopic (exact) mass is 428 g/mol. The van der Waals surface area contributed by atoms with Crippen LogP contribution in [-0.4, -0.2) is 17.1 Å². The third-order valence-electron chi connectivity index (χ3n) is 5.01. The molecule has 0 saturated carbocycles. The minimum absolute atomic E-state index is 0.0628. The van der Waals surface area contributed by atoms with E-state index >= 15 is 0 Å². The van der Waals surface area contributed by atoms with E-state index in [1.807, 2.05) is 85.8 Å². The molecule has 1 aliphatic rings. The van der Waals surface area contributed by atoms with Crippen LogP contribution in [0.5, 0.6) is 0 Å². The highest BCUT2D eigenvalue weighted by Gasteiger charge is 2.24. The van der Waals surface area contributed by atoms with Crippen LogP contribution in [0.25, 0.3) is 17.2 Å². The lowest BCUT2D eigenvalue weighted by Gasteiger charge is -2.14. The third-order valence-corrected chi connectivity index (χ3v) is 5.82. The van der Waals surface area contributed by atoms with Crippen LogP contribution in [0.2, 0.25) is 0 Å². The lowest BCUT2D eigenvalue weighted by molar-refractivity contribution is -0.117. The zero-order valence-electron chi connectivity index (χ0n) is 16.8. The van der Waals surface area contributed by atoms with E-state index in [0.717, 1.165) is 39.7 Å². The molecule has 154 valence electrons. The first-order chi connectivity index (χ1) is 15.0. The second-order valence-electron chi connectivity index (χ2n) is 7.18. The molecule has 6 heteroatoms. The van der Waals surface area contributed by atoms with Crippen molar-refractivity contribution in [2.75, 3.05) is 5.32 Å². The first-order valence-electron chi connectivity index (χ1n) is 9.81. The summed E-state index contributed by atoms with van der Waals surface area (Å²) < 4.78 is 0. The molecule has 3 aromatic rings. The number of imide groups is 1. The number of carbonyl (C=O) groups is 3. The van der Waals surface area contributed by atoms with Crippen molar-refractivity contribution in [1.29, 1.82) is 0 Å². The van der Waals surface area contributed by atoms with Gasteiger partial charge in [0, 0.05) is 5.69 Å². The Hall–Kier alpha value is -3.64. The molecule has 1 saturated heterocycles. The summed E-state index contributed by atoms with van der Waals surface area (Å²) >= 11 is 0.901. The minimum atomic E-state index is -0.366. The van der Waals surface area contributed by atoms with Crippen molar-refractivity contribution < 1.29 is 14.4 Å². The zero-order chi connectivity index (χ0) is 21.8. The molecule has 1 heterocycles. The first kappa shape index (κ1) is 20.6. The van der Waals surface area contributed by atoms with Gasteiger partial charge in [0.2, 0.25) is 5.91 Å². The minimum Gasteiger partial charge on any atom is -0.326 e. The molecular formula is C25H20N2O3S. The van der Waals surface area contributed by atoms with Crippen LogP contribution < -0.4 is 10.6 Å². The highest BCUT2D eigenvalue weighted by atomic mass is 32.2. The lowest BCUT2D eigenvalue weighted by atomic mass is 9.95. The second-order valence-corrected chi connectivity index (χ2v) is 8.19. The van der Waals surface area contributed by atoms with E-state index in [2.05, 4.69) is 10.6 Å². The third kappa shape index (κ3) is 4.92. The van der Waals surface area contributed by atoms with Gasteiger partial charge in [-0.2, -0.15) is 0 Å². The smallest absolute Gasteiger partial charge is 0.290 e. The highest BCUT2D eigenvalue weighted by molar-refractivity contribution is 8.18. The van der Waals surface area contributed by atoms with Crippen LogP contribution in [0.1, 0.15) is 24.0 Å². The summed E-state index contributed by atoms with van der Waals surface area (Å²) in [5.41, 5.74) is 4.53. The number of para-hydroxylation sites is 1. The molecule has 5 nitrogen and oxygen atoms in total. The van der Waals surface area contributed by atoms with Crippen molar-refractivity contribution in [3.05, 3.63) is 94.9 Å². The molecule has 1 unspecified atom stereocenters. The van der Waals surface area contributed by atoms with Crippen molar-refractivity contribution in [3.8, 4) is 11.1 Å². The van der Waals surface area contributed by atoms with Gasteiger partial charge in [-0.05, 0) is 59.1 Å². The quantitative estimate of drug-likeness (QED) is 0.532. The molecule has 0 aliphatic carbocycles. The van der Waals surface area contributed by atoms with Gasteiger partial charge in [0.15, 0.2) is 0 Å². The number of carbonyl (C=O) groups excluding carboxylic acids is 3. The SMILES string of the molecule is CC(C(=O)Nc1ccccc1)c1cccc(-c2ccc(C=C3SC(=O)NC3=O)cc2)c1. The maximum atomic E-state index is 12.6. The summed E-state index contributed by atoms with van der Waals surface area (Å²) in [6, 6.07) is 25.0. The van der Waals surface area contributed by atoms with Gasteiger partial charge in [-0.15, -0.1) is 0 Å². The van der Waals surface area contributed by atoms with Gasteiger partial charge in [0.05, 0.1) is 10.8 Å². The summed E-state index contributed by atoms with van der Waals surface area (Å²) in [7, 11) is 0. The van der Waals surface area contributed by atoms with Gasteiger partial charge in [-0.3, -0.25) is 19.7 Å². The fraction of sp³-hybridized carbons (Fsp3) is 0.0800. The predicted molar refractivity (Wildman–Crippen MR) is 124 cm³/mol. The Balaban J connectivity index is 1.50. The van der Waals surface area contributed by atoms with E-state index in [1.165, 1.54) is 0 Å². The fourth-order valence-electron chi connectivity index (χ4n) is 3.26. The van der Waals surface area contributed by atoms with Gasteiger partial charge in [-0.25, -0.2) is 0 Å². The van der Waals surface area contributed by atoms with Gasteiger partial charge in [-0.1, -0.05) is 66.7 Å². The molecule has 0 aromatic heterocycles. The van der Waals surface area contributed by atoms with E-state index in [0.29, 0.717) is 4.91 Å². The number of hydrogen-bond acceptors (Lipinski definition) is 4. The van der Waals surface area contributed by atoms with Crippen molar-refractivity contribution in [1.82, 2.24) is 5.32 Å². The van der Waals surface area contributed by atoms with Gasteiger partial charge in [0.25, 0.3) is 11.1 Å². The Morgan fingerprint density at radius 3 is 2.35 bits per heavy atom. The fourth-order valence-corrected chi connectivity index (χ4v) is 3.94. The van der Waals surface area contributed by atoms with Crippen LogP contribution in [0.3, 0.4) is 0 Å². The number of nitrogens with one attached hydrogen (secondary N) is 2. The lowest BCUT2D eigenvalue weighted by Crippen LogP contribution is -2.18. The molecule has 31 heavy (non-hydrogen) atoms. The average molecular weight is 429 g/mol. The molecular weight excluding hydrogens is 408 g/mol. The molecule has 2 N–H and O–H groups in total. The first-order valence-corrected chi connectivity index (χ1v) is 10.6. The summed E-state index contributed by atoms with van der Waals surface area (Å²) in [4.78, 5) is 36.0. The number of hydrogen-bond donors (Lipinski definition) is 2. The zero-order valence-corrected chi connectivity index (χ0v) is 17.6. The van der Waals surface area contributed by atoms with Crippen LogP contribution >= 0.6 is 11.8 Å². The standard InChI is InChI=1S/C25H20N2O3S/c1-16(23(28)26-21-8-3-2-4-9-21)19-6-5-7-20(15-19)18-12-10-17(11-13-18)14-22-24(29)27-25(30)31-22/h2-16H,1H3,(H,26,28)(H,27,29,30). The van der Waals surface area contributed by atoms with Crippen molar-refractivity contribution in [3.63, 3.8) is 0 Å². The van der Waals surface area contributed by atoms with Gasteiger partial charge in [0.1, 0.15) is 0 Å². The van der Waals surface area contributed by atoms with E-state index < -0.39 is 0 Å². The van der Waals surface area contributed by atoms with Gasteiger partial charge < -0.3 is 5.32 Å². The molecule has 1 fully saturated rings. The number of benzene rings is 3. The molecule has 3 amide bonds. The molecule has 4 rings (SSSR count). The second kappa shape index (κ2) is 9.02. The van der Waals surface area contributed by atoms with Crippen molar-refractivity contribution in [2.24, 2.45) is 0 Å². The van der Waals surface area contributed by atoms with Crippen LogP contribution in [0.4, 0.5) is 10.5 Å². The number of thioether (sulfide) groups is 1. The number of anilines is 1. The van der Waals surface area contributed by atoms with E-state index in [9.17, 15) is 14.4 Å². The molecule has 0 bridgehead atoms. The molecule has 1 aliphatic heterocycles. The van der Waals surface area contributed by atoms with Crippen LogP contribution in [-0.2, 0) is 9.59 Å². The number of rotatable bonds is 5. The van der Waals surface area contributed by atoms with E-state index in [1.54, 1.807) is 6.08 Å². The highest BCUT2D eigenvalue weighted by Crippen LogP contribution is 2.28. The Morgan fingerprint density at radius 1 is 0.935 bits per heavy atom. The Bertz CT molecular complexity index is 1170. The largest absolute Gasteiger partial charge is 0.326 e. The molecule has 0 spiro atoms. The molecule has 1 atom stereocenters. The number of amides is 3. The van der Waals surface area contributed by atoms with Crippen molar-refractivity contribution >= 4 is 40.6 Å². The Morgan fingerprint density at radius 2 is 1.68 bits per heavy atom. The molecule has 3 aromatic carbocycles. The van der Waals surface area contributed by atoms with Crippen LogP contribution in [0.15, 0.2) is 83.8 Å². The summed E-state index contributed by atoms with van der Waals surface area (Å²) in [5.74, 6) is -0.735. The normalized spacial score (nSPS) is 15.6. The van der Waals surface area contributed by atoms with Crippen molar-refractivity contribution in [2.45, 2.75) is 12.8 Å². The van der Waals surface area contributed by atoms with Crippen LogP contribution in [0, 0.1) is 0 Å². The van der Waals surface area contributed by atoms with Gasteiger partial charge >= 0.3 is 0 Å². The maximum absolute atomic E-state index is 12.6. The predicted octanol–water partition coefficient (Wildman–Crippen LogP) is 5.42. The Kier molecular flexibility index (Phi) is 6.00. The summed E-state index contributed by atoms with van der Waals surface area (Å²) in [6.45, 7) is 1.89. The molecule has 0 radical (unpaired) electrons. The van der Waals surface area contributed by atoms with E-state index in [4.69, 9.17) is 0 Å². The van der Waals surface area contributed by atoms with E-state index in [-0.39, 0.29) is 23.0 Å².